The smallest absolute Gasteiger partial charge is 0.341 e. The number of carbonyl (C=O) groups is 3. The minimum Gasteiger partial charge on any atom is -0.462 e. The molecule has 2 rings (SSSR count). The molecular weight excluding hydrogens is 459 g/mol. The monoisotopic (exact) mass is 478 g/mol. The van der Waals surface area contributed by atoms with Crippen molar-refractivity contribution in [2.45, 2.75) is 27.7 Å². The lowest BCUT2D eigenvalue weighted by Gasteiger charge is -2.18. The number of rotatable bonds is 7. The van der Waals surface area contributed by atoms with Gasteiger partial charge < -0.3 is 15.0 Å². The first-order valence-corrected chi connectivity index (χ1v) is 10.3. The maximum absolute atomic E-state index is 14.0. The molecule has 0 spiro atoms. The highest BCUT2D eigenvalue weighted by atomic mass is 32.1. The Bertz CT molecular complexity index is 1050. The van der Waals surface area contributed by atoms with E-state index in [4.69, 9.17) is 4.74 Å². The van der Waals surface area contributed by atoms with Gasteiger partial charge in [0, 0.05) is 13.1 Å². The highest BCUT2D eigenvalue weighted by Gasteiger charge is 2.32. The molecule has 0 aliphatic carbocycles. The number of esters is 1. The zero-order chi connectivity index (χ0) is 24.3. The van der Waals surface area contributed by atoms with E-state index in [2.05, 4.69) is 0 Å². The summed E-state index contributed by atoms with van der Waals surface area (Å²) in [5.74, 6) is -14.8. The fourth-order valence-electron chi connectivity index (χ4n) is 2.88. The summed E-state index contributed by atoms with van der Waals surface area (Å²) in [5, 5.41) is 1.66. The number of carbonyl (C=O) groups excluding carboxylic acids is 3. The van der Waals surface area contributed by atoms with Crippen molar-refractivity contribution in [2.24, 2.45) is 0 Å². The second kappa shape index (κ2) is 10.1. The van der Waals surface area contributed by atoms with Crippen molar-refractivity contribution in [2.75, 3.05) is 25.0 Å². The van der Waals surface area contributed by atoms with Gasteiger partial charge >= 0.3 is 5.97 Å². The second-order valence-corrected chi connectivity index (χ2v) is 7.38. The Morgan fingerprint density at radius 1 is 0.875 bits per heavy atom. The van der Waals surface area contributed by atoms with Crippen molar-refractivity contribution in [3.63, 3.8) is 0 Å². The molecule has 0 saturated carbocycles. The van der Waals surface area contributed by atoms with Crippen LogP contribution in [0.5, 0.6) is 0 Å². The summed E-state index contributed by atoms with van der Waals surface area (Å²) in [4.78, 5) is 39.1. The normalized spacial score (nSPS) is 10.8. The van der Waals surface area contributed by atoms with Crippen LogP contribution in [0.2, 0.25) is 0 Å². The predicted octanol–water partition coefficient (Wildman–Crippen LogP) is 4.66. The van der Waals surface area contributed by atoms with Crippen LogP contribution in [0.3, 0.4) is 0 Å². The number of ether oxygens (including phenoxy) is 1. The fraction of sp³-hybridized carbons (Fsp3) is 0.350. The lowest BCUT2D eigenvalue weighted by atomic mass is 10.1. The summed E-state index contributed by atoms with van der Waals surface area (Å²) in [5.41, 5.74) is -1.85. The Labute approximate surface area is 184 Å². The van der Waals surface area contributed by atoms with Gasteiger partial charge in [0.25, 0.3) is 11.8 Å². The Hall–Kier alpha value is -3.02. The van der Waals surface area contributed by atoms with Gasteiger partial charge in [0.1, 0.15) is 10.6 Å². The molecule has 0 unspecified atom stereocenters. The molecule has 1 aromatic heterocycles. The van der Waals surface area contributed by atoms with Gasteiger partial charge in [-0.1, -0.05) is 0 Å². The minimum absolute atomic E-state index is 0.0458. The molecule has 0 saturated heterocycles. The van der Waals surface area contributed by atoms with Gasteiger partial charge in [0.05, 0.1) is 17.0 Å². The summed E-state index contributed by atoms with van der Waals surface area (Å²) in [6.45, 7) is 6.99. The average molecular weight is 478 g/mol. The third-order valence-electron chi connectivity index (χ3n) is 4.54. The van der Waals surface area contributed by atoms with Crippen LogP contribution in [0.15, 0.2) is 0 Å². The van der Waals surface area contributed by atoms with E-state index in [1.807, 2.05) is 5.32 Å². The van der Waals surface area contributed by atoms with E-state index >= 15 is 0 Å². The first-order chi connectivity index (χ1) is 15.0. The zero-order valence-corrected chi connectivity index (χ0v) is 18.3. The van der Waals surface area contributed by atoms with Gasteiger partial charge in [-0.15, -0.1) is 11.3 Å². The summed E-state index contributed by atoms with van der Waals surface area (Å²) >= 11 is 0.623. The van der Waals surface area contributed by atoms with E-state index in [0.717, 1.165) is 0 Å². The Morgan fingerprint density at radius 2 is 1.38 bits per heavy atom. The van der Waals surface area contributed by atoms with Crippen molar-refractivity contribution in [3.05, 3.63) is 50.7 Å². The third kappa shape index (κ3) is 4.45. The van der Waals surface area contributed by atoms with E-state index in [9.17, 15) is 36.3 Å². The molecule has 12 heteroatoms. The molecule has 0 fully saturated rings. The van der Waals surface area contributed by atoms with Crippen LogP contribution in [0.1, 0.15) is 56.7 Å². The number of halogens is 5. The van der Waals surface area contributed by atoms with Crippen LogP contribution in [-0.2, 0) is 4.74 Å². The lowest BCUT2D eigenvalue weighted by molar-refractivity contribution is 0.0527. The maximum atomic E-state index is 14.0. The number of amides is 2. The zero-order valence-electron chi connectivity index (χ0n) is 17.5. The Morgan fingerprint density at radius 3 is 1.84 bits per heavy atom. The summed E-state index contributed by atoms with van der Waals surface area (Å²) < 4.78 is 73.2. The molecule has 1 N–H and O–H groups in total. The second-order valence-electron chi connectivity index (χ2n) is 6.36. The molecular formula is C20H19F5N2O4S. The molecule has 0 radical (unpaired) electrons. The average Bonchev–Trinajstić information content (AvgIpc) is 3.07. The van der Waals surface area contributed by atoms with Crippen molar-refractivity contribution in [3.8, 4) is 0 Å². The van der Waals surface area contributed by atoms with E-state index in [-0.39, 0.29) is 27.6 Å². The van der Waals surface area contributed by atoms with Crippen LogP contribution < -0.4 is 5.32 Å². The van der Waals surface area contributed by atoms with Crippen molar-refractivity contribution >= 4 is 34.1 Å². The van der Waals surface area contributed by atoms with E-state index in [0.29, 0.717) is 24.4 Å². The van der Waals surface area contributed by atoms with Gasteiger partial charge in [0.15, 0.2) is 23.3 Å². The van der Waals surface area contributed by atoms with Crippen LogP contribution in [0.4, 0.5) is 27.0 Å². The van der Waals surface area contributed by atoms with Gasteiger partial charge in [-0.05, 0) is 33.3 Å². The molecule has 2 amide bonds. The van der Waals surface area contributed by atoms with Crippen LogP contribution in [-0.4, -0.2) is 42.4 Å². The van der Waals surface area contributed by atoms with Crippen molar-refractivity contribution in [1.29, 1.82) is 0 Å². The van der Waals surface area contributed by atoms with Crippen molar-refractivity contribution < 1.29 is 41.1 Å². The molecule has 2 aromatic rings. The minimum atomic E-state index is -2.41. The van der Waals surface area contributed by atoms with Gasteiger partial charge in [-0.3, -0.25) is 9.59 Å². The Balaban J connectivity index is 2.61. The van der Waals surface area contributed by atoms with Gasteiger partial charge in [0.2, 0.25) is 5.82 Å². The molecule has 0 aliphatic heterocycles. The fourth-order valence-corrected chi connectivity index (χ4v) is 4.04. The number of benzene rings is 1. The summed E-state index contributed by atoms with van der Waals surface area (Å²) in [6, 6.07) is 0. The number of nitrogens with zero attached hydrogens (tertiary/aromatic N) is 1. The summed E-state index contributed by atoms with van der Waals surface area (Å²) in [7, 11) is 0. The number of anilines is 1. The van der Waals surface area contributed by atoms with Crippen molar-refractivity contribution in [1.82, 2.24) is 4.90 Å². The lowest BCUT2D eigenvalue weighted by Crippen LogP contribution is -2.30. The topological polar surface area (TPSA) is 75.7 Å². The number of nitrogens with one attached hydrogen (secondary N) is 1. The highest BCUT2D eigenvalue weighted by molar-refractivity contribution is 7.18. The van der Waals surface area contributed by atoms with E-state index in [1.165, 1.54) is 18.7 Å². The van der Waals surface area contributed by atoms with E-state index in [1.54, 1.807) is 13.8 Å². The number of hydrogen-bond donors (Lipinski definition) is 1. The largest absolute Gasteiger partial charge is 0.462 e. The standard InChI is InChI=1S/C20H19F5N2O4S/c1-5-27(6-2)19(29)16-8(4)9(20(30)31-7-3)18(32-16)26-17(28)10-11(21)13(23)15(25)14(24)12(10)22/h5-7H2,1-4H3,(H,26,28). The van der Waals surface area contributed by atoms with Gasteiger partial charge in [-0.25, -0.2) is 26.7 Å². The molecule has 0 bridgehead atoms. The maximum Gasteiger partial charge on any atom is 0.341 e. The molecule has 174 valence electrons. The third-order valence-corrected chi connectivity index (χ3v) is 5.73. The highest BCUT2D eigenvalue weighted by Crippen LogP contribution is 2.35. The number of thiophene rings is 1. The summed E-state index contributed by atoms with van der Waals surface area (Å²) in [6.07, 6.45) is 0. The van der Waals surface area contributed by atoms with Crippen LogP contribution in [0.25, 0.3) is 0 Å². The first-order valence-electron chi connectivity index (χ1n) is 9.44. The van der Waals surface area contributed by atoms with Gasteiger partial charge in [-0.2, -0.15) is 0 Å². The molecule has 6 nitrogen and oxygen atoms in total. The Kier molecular flexibility index (Phi) is 7.94. The quantitative estimate of drug-likeness (QED) is 0.272. The van der Waals surface area contributed by atoms with E-state index < -0.39 is 52.4 Å². The SMILES string of the molecule is CCOC(=O)c1c(NC(=O)c2c(F)c(F)c(F)c(F)c2F)sc(C(=O)N(CC)CC)c1C. The molecule has 0 atom stereocenters. The van der Waals surface area contributed by atoms with Crippen LogP contribution >= 0.6 is 11.3 Å². The molecule has 0 aliphatic rings. The predicted molar refractivity (Wildman–Crippen MR) is 106 cm³/mol. The molecule has 1 heterocycles. The first kappa shape index (κ1) is 25.2. The molecule has 1 aromatic carbocycles. The number of hydrogen-bond acceptors (Lipinski definition) is 5. The molecule has 32 heavy (non-hydrogen) atoms. The van der Waals surface area contributed by atoms with Crippen LogP contribution in [0, 0.1) is 36.0 Å².